The predicted molar refractivity (Wildman–Crippen MR) is 159 cm³/mol. The second-order valence-corrected chi connectivity index (χ2v) is 10.9. The Morgan fingerprint density at radius 1 is 0.789 bits per heavy atom. The SMILES string of the molecule is Cc1ccc(CN2Cc3cc4ccccc4nc3CC3CCCN3c3cc(-c4ccccc4)ccc32)cc1. The first-order chi connectivity index (χ1) is 18.7. The third-order valence-corrected chi connectivity index (χ3v) is 8.29. The summed E-state index contributed by atoms with van der Waals surface area (Å²) >= 11 is 0. The first-order valence-electron chi connectivity index (χ1n) is 13.9. The lowest BCUT2D eigenvalue weighted by molar-refractivity contribution is 0.653. The number of anilines is 2. The normalized spacial score (nSPS) is 16.8. The molecule has 1 atom stereocenters. The topological polar surface area (TPSA) is 19.4 Å². The molecule has 2 aliphatic rings. The number of benzene rings is 4. The Bertz CT molecular complexity index is 1590. The van der Waals surface area contributed by atoms with Crippen LogP contribution in [-0.2, 0) is 19.5 Å². The van der Waals surface area contributed by atoms with Crippen molar-refractivity contribution in [2.45, 2.75) is 45.3 Å². The van der Waals surface area contributed by atoms with Gasteiger partial charge in [0.1, 0.15) is 0 Å². The number of aromatic nitrogens is 1. The molecule has 3 heterocycles. The summed E-state index contributed by atoms with van der Waals surface area (Å²) in [4.78, 5) is 10.5. The predicted octanol–water partition coefficient (Wildman–Crippen LogP) is 7.94. The fourth-order valence-electron chi connectivity index (χ4n) is 6.28. The quantitative estimate of drug-likeness (QED) is 0.253. The summed E-state index contributed by atoms with van der Waals surface area (Å²) in [6.45, 7) is 4.96. The van der Waals surface area contributed by atoms with Crippen LogP contribution in [0.2, 0.25) is 0 Å². The Labute approximate surface area is 225 Å². The van der Waals surface area contributed by atoms with Crippen LogP contribution >= 0.6 is 0 Å². The molecule has 0 aliphatic carbocycles. The average molecular weight is 496 g/mol. The molecule has 1 unspecified atom stereocenters. The lowest BCUT2D eigenvalue weighted by atomic mass is 10.0. The lowest BCUT2D eigenvalue weighted by Gasteiger charge is -2.32. The van der Waals surface area contributed by atoms with Crippen molar-refractivity contribution < 1.29 is 0 Å². The highest BCUT2D eigenvalue weighted by atomic mass is 15.2. The van der Waals surface area contributed by atoms with E-state index in [-0.39, 0.29) is 0 Å². The third kappa shape index (κ3) is 4.32. The van der Waals surface area contributed by atoms with Crippen molar-refractivity contribution in [2.75, 3.05) is 16.3 Å². The maximum atomic E-state index is 5.25. The van der Waals surface area contributed by atoms with Crippen LogP contribution in [0.5, 0.6) is 0 Å². The Hall–Kier alpha value is -4.11. The molecular formula is C35H33N3. The summed E-state index contributed by atoms with van der Waals surface area (Å²) < 4.78 is 0. The highest BCUT2D eigenvalue weighted by Gasteiger charge is 2.31. The van der Waals surface area contributed by atoms with Crippen LogP contribution < -0.4 is 9.80 Å². The average Bonchev–Trinajstić information content (AvgIpc) is 3.43. The van der Waals surface area contributed by atoms with Crippen molar-refractivity contribution in [3.8, 4) is 11.1 Å². The van der Waals surface area contributed by atoms with Gasteiger partial charge in [0, 0.05) is 43.2 Å². The molecule has 3 nitrogen and oxygen atoms in total. The Morgan fingerprint density at radius 2 is 1.61 bits per heavy atom. The molecule has 5 aromatic rings. The standard InChI is InChI=1S/C35H33N3/c1-25-13-15-26(16-14-25)23-37-24-30-20-29-10-5-6-12-32(29)36-33(30)22-31-11-7-19-38(31)35-21-28(17-18-34(35)37)27-8-3-2-4-9-27/h2-6,8-10,12-18,20-21,31H,7,11,19,22-24H2,1H3. The molecule has 0 saturated carbocycles. The zero-order valence-electron chi connectivity index (χ0n) is 22.0. The molecule has 7 rings (SSSR count). The molecule has 3 heteroatoms. The molecule has 188 valence electrons. The van der Waals surface area contributed by atoms with Crippen LogP contribution in [0.4, 0.5) is 11.4 Å². The highest BCUT2D eigenvalue weighted by molar-refractivity contribution is 5.82. The van der Waals surface area contributed by atoms with Gasteiger partial charge < -0.3 is 9.80 Å². The number of para-hydroxylation sites is 1. The van der Waals surface area contributed by atoms with Crippen LogP contribution in [-0.4, -0.2) is 17.6 Å². The van der Waals surface area contributed by atoms with E-state index >= 15 is 0 Å². The molecule has 0 bridgehead atoms. The number of pyridine rings is 1. The molecular weight excluding hydrogens is 462 g/mol. The number of hydrogen-bond donors (Lipinski definition) is 0. The molecule has 0 spiro atoms. The van der Waals surface area contributed by atoms with Crippen LogP contribution in [0.15, 0.2) is 103 Å². The van der Waals surface area contributed by atoms with E-state index in [2.05, 4.69) is 120 Å². The van der Waals surface area contributed by atoms with Gasteiger partial charge in [-0.05, 0) is 66.3 Å². The van der Waals surface area contributed by atoms with E-state index in [0.717, 1.165) is 31.6 Å². The van der Waals surface area contributed by atoms with E-state index in [4.69, 9.17) is 4.98 Å². The van der Waals surface area contributed by atoms with Crippen LogP contribution in [0, 0.1) is 6.92 Å². The van der Waals surface area contributed by atoms with Gasteiger partial charge >= 0.3 is 0 Å². The van der Waals surface area contributed by atoms with E-state index in [1.54, 1.807) is 0 Å². The van der Waals surface area contributed by atoms with Crippen molar-refractivity contribution >= 4 is 22.3 Å². The zero-order valence-corrected chi connectivity index (χ0v) is 22.0. The van der Waals surface area contributed by atoms with Gasteiger partial charge in [-0.25, -0.2) is 0 Å². The fraction of sp³-hybridized carbons (Fsp3) is 0.229. The molecule has 1 fully saturated rings. The number of hydrogen-bond acceptors (Lipinski definition) is 3. The summed E-state index contributed by atoms with van der Waals surface area (Å²) in [7, 11) is 0. The maximum Gasteiger partial charge on any atom is 0.0705 e. The van der Waals surface area contributed by atoms with Gasteiger partial charge in [-0.3, -0.25) is 4.98 Å². The fourth-order valence-corrected chi connectivity index (χ4v) is 6.28. The first-order valence-corrected chi connectivity index (χ1v) is 13.9. The molecule has 38 heavy (non-hydrogen) atoms. The molecule has 1 aromatic heterocycles. The van der Waals surface area contributed by atoms with E-state index in [1.807, 2.05) is 0 Å². The molecule has 1 saturated heterocycles. The summed E-state index contributed by atoms with van der Waals surface area (Å²) in [6.07, 6.45) is 3.43. The lowest BCUT2D eigenvalue weighted by Crippen LogP contribution is -2.32. The van der Waals surface area contributed by atoms with Gasteiger partial charge in [-0.1, -0.05) is 84.4 Å². The minimum atomic E-state index is 0.464. The molecule has 2 aliphatic heterocycles. The minimum Gasteiger partial charge on any atom is -0.366 e. The Morgan fingerprint density at radius 3 is 2.47 bits per heavy atom. The summed E-state index contributed by atoms with van der Waals surface area (Å²) in [6, 6.07) is 38.3. The van der Waals surface area contributed by atoms with E-state index in [0.29, 0.717) is 6.04 Å². The summed E-state index contributed by atoms with van der Waals surface area (Å²) in [5.41, 5.74) is 11.6. The number of rotatable bonds is 3. The molecule has 0 N–H and O–H groups in total. The maximum absolute atomic E-state index is 5.25. The largest absolute Gasteiger partial charge is 0.366 e. The van der Waals surface area contributed by atoms with Gasteiger partial charge in [-0.2, -0.15) is 0 Å². The summed E-state index contributed by atoms with van der Waals surface area (Å²) in [5, 5.41) is 1.23. The number of nitrogens with zero attached hydrogens (tertiary/aromatic N) is 3. The second kappa shape index (κ2) is 9.64. The second-order valence-electron chi connectivity index (χ2n) is 10.9. The highest BCUT2D eigenvalue weighted by Crippen LogP contribution is 2.41. The smallest absolute Gasteiger partial charge is 0.0705 e. The third-order valence-electron chi connectivity index (χ3n) is 8.29. The monoisotopic (exact) mass is 495 g/mol. The number of aryl methyl sites for hydroxylation is 1. The number of fused-ring (bicyclic) bond motifs is 5. The van der Waals surface area contributed by atoms with Crippen LogP contribution in [0.3, 0.4) is 0 Å². The molecule has 0 amide bonds. The van der Waals surface area contributed by atoms with E-state index < -0.39 is 0 Å². The van der Waals surface area contributed by atoms with Gasteiger partial charge in [0.25, 0.3) is 0 Å². The van der Waals surface area contributed by atoms with Crippen LogP contribution in [0.25, 0.3) is 22.0 Å². The van der Waals surface area contributed by atoms with E-state index in [1.165, 1.54) is 63.1 Å². The van der Waals surface area contributed by atoms with Crippen LogP contribution in [0.1, 0.15) is 35.2 Å². The summed E-state index contributed by atoms with van der Waals surface area (Å²) in [5.74, 6) is 0. The molecule has 4 aromatic carbocycles. The van der Waals surface area contributed by atoms with Gasteiger partial charge in [0.05, 0.1) is 16.9 Å². The van der Waals surface area contributed by atoms with Crippen molar-refractivity contribution in [3.05, 3.63) is 126 Å². The Balaban J connectivity index is 1.40. The zero-order chi connectivity index (χ0) is 25.5. The van der Waals surface area contributed by atoms with Gasteiger partial charge in [0.2, 0.25) is 0 Å². The minimum absolute atomic E-state index is 0.464. The van der Waals surface area contributed by atoms with Crippen molar-refractivity contribution in [3.63, 3.8) is 0 Å². The Kier molecular flexibility index (Phi) is 5.85. The van der Waals surface area contributed by atoms with Gasteiger partial charge in [-0.15, -0.1) is 0 Å². The van der Waals surface area contributed by atoms with Crippen molar-refractivity contribution in [1.82, 2.24) is 4.98 Å². The van der Waals surface area contributed by atoms with Crippen molar-refractivity contribution in [1.29, 1.82) is 0 Å². The first kappa shape index (κ1) is 23.0. The van der Waals surface area contributed by atoms with Crippen molar-refractivity contribution in [2.24, 2.45) is 0 Å². The van der Waals surface area contributed by atoms with E-state index in [9.17, 15) is 0 Å². The van der Waals surface area contributed by atoms with Gasteiger partial charge in [0.15, 0.2) is 0 Å². The molecule has 0 radical (unpaired) electrons.